The van der Waals surface area contributed by atoms with Crippen LogP contribution in [0.2, 0.25) is 0 Å². The van der Waals surface area contributed by atoms with Crippen LogP contribution in [0.25, 0.3) is 10.9 Å². The SMILES string of the molecule is CSCC(C)(O)CNCc1ccc2ccccc2n1. The zero-order valence-electron chi connectivity index (χ0n) is 11.4. The molecular formula is C15H20N2OS. The summed E-state index contributed by atoms with van der Waals surface area (Å²) in [4.78, 5) is 4.59. The lowest BCUT2D eigenvalue weighted by atomic mass is 10.1. The van der Waals surface area contributed by atoms with Crippen LogP contribution in [0, 0.1) is 0 Å². The van der Waals surface area contributed by atoms with Crippen molar-refractivity contribution in [1.29, 1.82) is 0 Å². The summed E-state index contributed by atoms with van der Waals surface area (Å²) in [7, 11) is 0. The highest BCUT2D eigenvalue weighted by atomic mass is 32.2. The molecule has 0 aliphatic carbocycles. The first-order valence-corrected chi connectivity index (χ1v) is 7.77. The fourth-order valence-corrected chi connectivity index (χ4v) is 2.75. The van der Waals surface area contributed by atoms with Gasteiger partial charge in [0.05, 0.1) is 16.8 Å². The van der Waals surface area contributed by atoms with Crippen LogP contribution in [-0.4, -0.2) is 34.2 Å². The van der Waals surface area contributed by atoms with Crippen molar-refractivity contribution in [2.75, 3.05) is 18.6 Å². The minimum Gasteiger partial charge on any atom is -0.388 e. The molecule has 19 heavy (non-hydrogen) atoms. The van der Waals surface area contributed by atoms with Crippen LogP contribution in [0.5, 0.6) is 0 Å². The molecule has 1 heterocycles. The van der Waals surface area contributed by atoms with Crippen molar-refractivity contribution in [1.82, 2.24) is 10.3 Å². The lowest BCUT2D eigenvalue weighted by molar-refractivity contribution is 0.0845. The van der Waals surface area contributed by atoms with Gasteiger partial charge in [0.1, 0.15) is 0 Å². The third-order valence-corrected chi connectivity index (χ3v) is 3.83. The van der Waals surface area contributed by atoms with Gasteiger partial charge in [-0.2, -0.15) is 11.8 Å². The third kappa shape index (κ3) is 4.20. The van der Waals surface area contributed by atoms with Crippen LogP contribution < -0.4 is 5.32 Å². The molecule has 0 radical (unpaired) electrons. The molecule has 0 aliphatic rings. The summed E-state index contributed by atoms with van der Waals surface area (Å²) in [5.41, 5.74) is 1.34. The van der Waals surface area contributed by atoms with E-state index in [1.807, 2.05) is 37.4 Å². The zero-order valence-corrected chi connectivity index (χ0v) is 12.2. The zero-order chi connectivity index (χ0) is 13.7. The highest BCUT2D eigenvalue weighted by molar-refractivity contribution is 7.98. The molecule has 1 unspecified atom stereocenters. The second-order valence-corrected chi connectivity index (χ2v) is 5.89. The van der Waals surface area contributed by atoms with E-state index in [-0.39, 0.29) is 0 Å². The van der Waals surface area contributed by atoms with Gasteiger partial charge in [-0.15, -0.1) is 0 Å². The molecule has 0 saturated carbocycles. The van der Waals surface area contributed by atoms with Gasteiger partial charge in [0.2, 0.25) is 0 Å². The van der Waals surface area contributed by atoms with Gasteiger partial charge in [0, 0.05) is 24.2 Å². The smallest absolute Gasteiger partial charge is 0.0833 e. The Morgan fingerprint density at radius 1 is 1.26 bits per heavy atom. The lowest BCUT2D eigenvalue weighted by Crippen LogP contribution is -2.39. The van der Waals surface area contributed by atoms with Crippen molar-refractivity contribution >= 4 is 22.7 Å². The Morgan fingerprint density at radius 2 is 2.05 bits per heavy atom. The number of hydrogen-bond acceptors (Lipinski definition) is 4. The number of para-hydroxylation sites is 1. The van der Waals surface area contributed by atoms with Gasteiger partial charge in [-0.3, -0.25) is 4.98 Å². The molecule has 0 saturated heterocycles. The predicted molar refractivity (Wildman–Crippen MR) is 82.5 cm³/mol. The van der Waals surface area contributed by atoms with E-state index in [0.717, 1.165) is 22.3 Å². The third-order valence-electron chi connectivity index (χ3n) is 2.92. The predicted octanol–water partition coefficient (Wildman–Crippen LogP) is 2.44. The van der Waals surface area contributed by atoms with Crippen LogP contribution in [0.3, 0.4) is 0 Å². The van der Waals surface area contributed by atoms with E-state index in [1.54, 1.807) is 11.8 Å². The second-order valence-electron chi connectivity index (χ2n) is 5.03. The van der Waals surface area contributed by atoms with Crippen LogP contribution in [0.15, 0.2) is 36.4 Å². The van der Waals surface area contributed by atoms with Gasteiger partial charge in [-0.1, -0.05) is 24.3 Å². The van der Waals surface area contributed by atoms with Crippen LogP contribution in [0.4, 0.5) is 0 Å². The van der Waals surface area contributed by atoms with E-state index < -0.39 is 5.60 Å². The summed E-state index contributed by atoms with van der Waals surface area (Å²) in [5, 5.41) is 14.5. The van der Waals surface area contributed by atoms with Gasteiger partial charge in [-0.25, -0.2) is 0 Å². The molecule has 2 rings (SSSR count). The monoisotopic (exact) mass is 276 g/mol. The van der Waals surface area contributed by atoms with Crippen molar-refractivity contribution in [3.63, 3.8) is 0 Å². The number of hydrogen-bond donors (Lipinski definition) is 2. The molecule has 2 aromatic rings. The topological polar surface area (TPSA) is 45.1 Å². The number of aromatic nitrogens is 1. The average Bonchev–Trinajstić information content (AvgIpc) is 2.38. The Kier molecular flexibility index (Phi) is 4.80. The minimum atomic E-state index is -0.670. The van der Waals surface area contributed by atoms with Gasteiger partial charge in [0.15, 0.2) is 0 Å². The van der Waals surface area contributed by atoms with E-state index in [2.05, 4.69) is 22.4 Å². The number of fused-ring (bicyclic) bond motifs is 1. The Morgan fingerprint density at radius 3 is 2.84 bits per heavy atom. The molecule has 1 aromatic heterocycles. The summed E-state index contributed by atoms with van der Waals surface area (Å²) in [6.07, 6.45) is 2.00. The largest absolute Gasteiger partial charge is 0.388 e. The molecule has 2 N–H and O–H groups in total. The van der Waals surface area contributed by atoms with E-state index >= 15 is 0 Å². The van der Waals surface area contributed by atoms with Gasteiger partial charge in [0.25, 0.3) is 0 Å². The van der Waals surface area contributed by atoms with Crippen molar-refractivity contribution < 1.29 is 5.11 Å². The quantitative estimate of drug-likeness (QED) is 0.850. The number of rotatable bonds is 6. The number of aliphatic hydroxyl groups is 1. The molecule has 102 valence electrons. The van der Waals surface area contributed by atoms with E-state index in [4.69, 9.17) is 0 Å². The maximum atomic E-state index is 10.1. The first-order chi connectivity index (χ1) is 9.11. The molecule has 0 fully saturated rings. The fourth-order valence-electron chi connectivity index (χ4n) is 2.03. The number of thioether (sulfide) groups is 1. The molecular weight excluding hydrogens is 256 g/mol. The Hall–Kier alpha value is -1.10. The summed E-state index contributed by atoms with van der Waals surface area (Å²) in [5.74, 6) is 0.727. The van der Waals surface area contributed by atoms with E-state index in [0.29, 0.717) is 13.1 Å². The van der Waals surface area contributed by atoms with Crippen LogP contribution in [-0.2, 0) is 6.54 Å². The number of pyridine rings is 1. The molecule has 1 atom stereocenters. The standard InChI is InChI=1S/C15H20N2OS/c1-15(18,11-19-2)10-16-9-13-8-7-12-5-3-4-6-14(12)17-13/h3-8,16,18H,9-11H2,1-2H3. The lowest BCUT2D eigenvalue weighted by Gasteiger charge is -2.22. The van der Waals surface area contributed by atoms with Crippen molar-refractivity contribution in [2.24, 2.45) is 0 Å². The van der Waals surface area contributed by atoms with E-state index in [9.17, 15) is 5.11 Å². The van der Waals surface area contributed by atoms with Gasteiger partial charge in [-0.05, 0) is 25.3 Å². The number of nitrogens with zero attached hydrogens (tertiary/aromatic N) is 1. The maximum absolute atomic E-state index is 10.1. The van der Waals surface area contributed by atoms with Crippen LogP contribution in [0.1, 0.15) is 12.6 Å². The second kappa shape index (κ2) is 6.37. The van der Waals surface area contributed by atoms with Gasteiger partial charge >= 0.3 is 0 Å². The molecule has 1 aromatic carbocycles. The molecule has 0 amide bonds. The van der Waals surface area contributed by atoms with Crippen molar-refractivity contribution in [2.45, 2.75) is 19.1 Å². The summed E-state index contributed by atoms with van der Waals surface area (Å²) in [6, 6.07) is 12.2. The average molecular weight is 276 g/mol. The Balaban J connectivity index is 1.95. The summed E-state index contributed by atoms with van der Waals surface area (Å²) in [6.45, 7) is 3.10. The first kappa shape index (κ1) is 14.3. The molecule has 0 spiro atoms. The Bertz CT molecular complexity index is 542. The summed E-state index contributed by atoms with van der Waals surface area (Å²) >= 11 is 1.65. The van der Waals surface area contributed by atoms with E-state index in [1.165, 1.54) is 0 Å². The highest BCUT2D eigenvalue weighted by Crippen LogP contribution is 2.12. The molecule has 3 nitrogen and oxygen atoms in total. The normalized spacial score (nSPS) is 14.5. The molecule has 4 heteroatoms. The van der Waals surface area contributed by atoms with Gasteiger partial charge < -0.3 is 10.4 Å². The fraction of sp³-hybridized carbons (Fsp3) is 0.400. The molecule has 0 aliphatic heterocycles. The highest BCUT2D eigenvalue weighted by Gasteiger charge is 2.18. The maximum Gasteiger partial charge on any atom is 0.0833 e. The van der Waals surface area contributed by atoms with Crippen molar-refractivity contribution in [3.05, 3.63) is 42.1 Å². The van der Waals surface area contributed by atoms with Crippen molar-refractivity contribution in [3.8, 4) is 0 Å². The number of benzene rings is 1. The minimum absolute atomic E-state index is 0.572. The Labute approximate surface area is 118 Å². The van der Waals surface area contributed by atoms with Crippen LogP contribution >= 0.6 is 11.8 Å². The molecule has 0 bridgehead atoms. The number of nitrogens with one attached hydrogen (secondary N) is 1. The first-order valence-electron chi connectivity index (χ1n) is 6.37. The summed E-state index contributed by atoms with van der Waals surface area (Å²) < 4.78 is 0.